The molecule has 3 heterocycles. The second-order valence-electron chi connectivity index (χ2n) is 5.13. The van der Waals surface area contributed by atoms with E-state index in [0.717, 1.165) is 44.8 Å². The monoisotopic (exact) mass is 314 g/mol. The van der Waals surface area contributed by atoms with Gasteiger partial charge in [0, 0.05) is 32.4 Å². The van der Waals surface area contributed by atoms with Gasteiger partial charge in [0.05, 0.1) is 16.1 Å². The molecule has 0 bridgehead atoms. The average molecular weight is 315 g/mol. The van der Waals surface area contributed by atoms with Crippen LogP contribution in [0.2, 0.25) is 10.0 Å². The van der Waals surface area contributed by atoms with Crippen molar-refractivity contribution >= 4 is 35.1 Å². The maximum Gasteiger partial charge on any atom is 0.317 e. The number of pyridine rings is 1. The summed E-state index contributed by atoms with van der Waals surface area (Å²) in [6.45, 7) is 3.18. The molecule has 1 aromatic heterocycles. The van der Waals surface area contributed by atoms with Gasteiger partial charge in [-0.05, 0) is 18.9 Å². The van der Waals surface area contributed by atoms with Crippen LogP contribution in [0.25, 0.3) is 0 Å². The number of nitrogens with one attached hydrogen (secondary N) is 1. The van der Waals surface area contributed by atoms with Crippen LogP contribution in [-0.2, 0) is 0 Å². The summed E-state index contributed by atoms with van der Waals surface area (Å²) in [4.78, 5) is 20.1. The number of amides is 2. The third-order valence-corrected chi connectivity index (χ3v) is 4.30. The van der Waals surface area contributed by atoms with Crippen LogP contribution in [-0.4, -0.2) is 48.1 Å². The molecule has 1 N–H and O–H groups in total. The first-order chi connectivity index (χ1) is 9.65. The number of piperidine rings is 1. The number of halogens is 2. The maximum absolute atomic E-state index is 11.8. The van der Waals surface area contributed by atoms with E-state index < -0.39 is 0 Å². The molecule has 0 saturated carbocycles. The fraction of sp³-hybridized carbons (Fsp3) is 0.538. The third-order valence-electron chi connectivity index (χ3n) is 3.82. The molecule has 20 heavy (non-hydrogen) atoms. The topological polar surface area (TPSA) is 48.5 Å². The van der Waals surface area contributed by atoms with E-state index in [0.29, 0.717) is 10.0 Å². The lowest BCUT2D eigenvalue weighted by Gasteiger charge is -2.37. The zero-order valence-corrected chi connectivity index (χ0v) is 12.5. The van der Waals surface area contributed by atoms with Crippen molar-refractivity contribution < 1.29 is 4.79 Å². The first-order valence-electron chi connectivity index (χ1n) is 6.75. The van der Waals surface area contributed by atoms with Crippen molar-refractivity contribution in [3.8, 4) is 0 Å². The van der Waals surface area contributed by atoms with Crippen molar-refractivity contribution in [1.29, 1.82) is 0 Å². The standard InChI is InChI=1S/C13H16Cl2N4O/c14-9-6-11(15)12(17-7-9)18-4-1-2-10(8-18)19-5-3-16-13(19)20/h6-7,10H,1-5,8H2,(H,16,20). The molecule has 2 saturated heterocycles. The highest BCUT2D eigenvalue weighted by molar-refractivity contribution is 6.36. The molecule has 1 unspecified atom stereocenters. The van der Waals surface area contributed by atoms with Gasteiger partial charge >= 0.3 is 6.03 Å². The normalized spacial score (nSPS) is 23.1. The van der Waals surface area contributed by atoms with Gasteiger partial charge in [-0.15, -0.1) is 0 Å². The Balaban J connectivity index is 1.76. The maximum atomic E-state index is 11.8. The van der Waals surface area contributed by atoms with Gasteiger partial charge in [0.15, 0.2) is 0 Å². The smallest absolute Gasteiger partial charge is 0.317 e. The molecular formula is C13H16Cl2N4O. The zero-order valence-electron chi connectivity index (χ0n) is 11.0. The summed E-state index contributed by atoms with van der Waals surface area (Å²) in [6.07, 6.45) is 3.65. The number of carbonyl (C=O) groups excluding carboxylic acids is 1. The van der Waals surface area contributed by atoms with Crippen LogP contribution in [0.5, 0.6) is 0 Å². The van der Waals surface area contributed by atoms with Crippen LogP contribution in [0, 0.1) is 0 Å². The summed E-state index contributed by atoms with van der Waals surface area (Å²) in [5, 5.41) is 3.94. The molecule has 0 aromatic carbocycles. The van der Waals surface area contributed by atoms with Crippen molar-refractivity contribution in [2.45, 2.75) is 18.9 Å². The van der Waals surface area contributed by atoms with E-state index in [-0.39, 0.29) is 12.1 Å². The first kappa shape index (κ1) is 13.8. The Bertz CT molecular complexity index is 525. The van der Waals surface area contributed by atoms with Crippen LogP contribution in [0.3, 0.4) is 0 Å². The third kappa shape index (κ3) is 2.65. The zero-order chi connectivity index (χ0) is 14.1. The molecule has 0 aliphatic carbocycles. The SMILES string of the molecule is O=C1NCCN1C1CCCN(c2ncc(Cl)cc2Cl)C1. The molecule has 2 amide bonds. The Hall–Kier alpha value is -1.20. The van der Waals surface area contributed by atoms with Gasteiger partial charge in [0.2, 0.25) is 0 Å². The molecular weight excluding hydrogens is 299 g/mol. The van der Waals surface area contributed by atoms with E-state index in [4.69, 9.17) is 23.2 Å². The molecule has 1 atom stereocenters. The number of carbonyl (C=O) groups is 1. The van der Waals surface area contributed by atoms with E-state index >= 15 is 0 Å². The summed E-state index contributed by atoms with van der Waals surface area (Å²) in [6, 6.07) is 1.96. The summed E-state index contributed by atoms with van der Waals surface area (Å²) in [7, 11) is 0. The lowest BCUT2D eigenvalue weighted by molar-refractivity contribution is 0.189. The molecule has 2 aliphatic rings. The van der Waals surface area contributed by atoms with Gasteiger partial charge in [-0.3, -0.25) is 0 Å². The number of anilines is 1. The molecule has 5 nitrogen and oxygen atoms in total. The van der Waals surface area contributed by atoms with E-state index in [2.05, 4.69) is 15.2 Å². The summed E-state index contributed by atoms with van der Waals surface area (Å²) in [5.74, 6) is 0.750. The number of aromatic nitrogens is 1. The predicted octanol–water partition coefficient (Wildman–Crippen LogP) is 2.38. The van der Waals surface area contributed by atoms with Gasteiger partial charge in [-0.1, -0.05) is 23.2 Å². The minimum Gasteiger partial charge on any atom is -0.353 e. The molecule has 0 spiro atoms. The highest BCUT2D eigenvalue weighted by atomic mass is 35.5. The van der Waals surface area contributed by atoms with Crippen molar-refractivity contribution in [2.24, 2.45) is 0 Å². The van der Waals surface area contributed by atoms with Gasteiger partial charge < -0.3 is 15.1 Å². The number of urea groups is 1. The fourth-order valence-corrected chi connectivity index (χ4v) is 3.38. The Labute approximate surface area is 127 Å². The molecule has 2 aliphatic heterocycles. The van der Waals surface area contributed by atoms with Crippen LogP contribution >= 0.6 is 23.2 Å². The molecule has 1 aromatic rings. The lowest BCUT2D eigenvalue weighted by Crippen LogP contribution is -2.49. The largest absolute Gasteiger partial charge is 0.353 e. The highest BCUT2D eigenvalue weighted by Gasteiger charge is 2.32. The van der Waals surface area contributed by atoms with E-state index in [9.17, 15) is 4.79 Å². The molecule has 108 valence electrons. The van der Waals surface area contributed by atoms with Crippen LogP contribution in [0.4, 0.5) is 10.6 Å². The van der Waals surface area contributed by atoms with E-state index in [1.54, 1.807) is 12.3 Å². The Kier molecular flexibility index (Phi) is 3.89. The quantitative estimate of drug-likeness (QED) is 0.911. The number of hydrogen-bond donors (Lipinski definition) is 1. The lowest BCUT2D eigenvalue weighted by atomic mass is 10.0. The van der Waals surface area contributed by atoms with Gasteiger partial charge in [0.25, 0.3) is 0 Å². The second kappa shape index (κ2) is 5.66. The fourth-order valence-electron chi connectivity index (χ4n) is 2.88. The van der Waals surface area contributed by atoms with Gasteiger partial charge in [-0.25, -0.2) is 9.78 Å². The molecule has 7 heteroatoms. The minimum absolute atomic E-state index is 0.0343. The van der Waals surface area contributed by atoms with Crippen LogP contribution in [0.1, 0.15) is 12.8 Å². The summed E-state index contributed by atoms with van der Waals surface area (Å²) < 4.78 is 0. The van der Waals surface area contributed by atoms with Gasteiger partial charge in [-0.2, -0.15) is 0 Å². The molecule has 2 fully saturated rings. The average Bonchev–Trinajstić information content (AvgIpc) is 2.85. The molecule has 3 rings (SSSR count). The van der Waals surface area contributed by atoms with Gasteiger partial charge in [0.1, 0.15) is 5.82 Å². The van der Waals surface area contributed by atoms with Crippen molar-refractivity contribution in [3.63, 3.8) is 0 Å². The molecule has 0 radical (unpaired) electrons. The number of nitrogens with zero attached hydrogens (tertiary/aromatic N) is 3. The second-order valence-corrected chi connectivity index (χ2v) is 5.97. The number of hydrogen-bond acceptors (Lipinski definition) is 3. The summed E-state index contributed by atoms with van der Waals surface area (Å²) >= 11 is 12.1. The minimum atomic E-state index is 0.0343. The van der Waals surface area contributed by atoms with Crippen LogP contribution in [0.15, 0.2) is 12.3 Å². The Morgan fingerprint density at radius 3 is 2.90 bits per heavy atom. The summed E-state index contributed by atoms with van der Waals surface area (Å²) in [5.41, 5.74) is 0. The first-order valence-corrected chi connectivity index (χ1v) is 7.51. The Morgan fingerprint density at radius 2 is 2.20 bits per heavy atom. The van der Waals surface area contributed by atoms with Crippen molar-refractivity contribution in [2.75, 3.05) is 31.1 Å². The number of rotatable bonds is 2. The van der Waals surface area contributed by atoms with Crippen molar-refractivity contribution in [3.05, 3.63) is 22.3 Å². The van der Waals surface area contributed by atoms with E-state index in [1.165, 1.54) is 0 Å². The Morgan fingerprint density at radius 1 is 1.35 bits per heavy atom. The van der Waals surface area contributed by atoms with Crippen LogP contribution < -0.4 is 10.2 Å². The van der Waals surface area contributed by atoms with Crippen molar-refractivity contribution in [1.82, 2.24) is 15.2 Å². The van der Waals surface area contributed by atoms with E-state index in [1.807, 2.05) is 4.90 Å². The predicted molar refractivity (Wildman–Crippen MR) is 79.6 cm³/mol. The highest BCUT2D eigenvalue weighted by Crippen LogP contribution is 2.29.